The zero-order valence-corrected chi connectivity index (χ0v) is 14.7. The number of aromatic nitrogens is 4. The van der Waals surface area contributed by atoms with Crippen molar-refractivity contribution in [1.82, 2.24) is 25.1 Å². The van der Waals surface area contributed by atoms with Gasteiger partial charge in [0.15, 0.2) is 0 Å². The minimum atomic E-state index is -0.426. The summed E-state index contributed by atoms with van der Waals surface area (Å²) in [5, 5.41) is 12.5. The number of halogens is 1. The van der Waals surface area contributed by atoms with E-state index in [1.54, 1.807) is 0 Å². The molecule has 1 unspecified atom stereocenters. The molecule has 0 radical (unpaired) electrons. The van der Waals surface area contributed by atoms with E-state index in [1.807, 2.05) is 36.1 Å². The van der Waals surface area contributed by atoms with E-state index in [1.165, 1.54) is 17.6 Å². The first-order chi connectivity index (χ1) is 11.1. The van der Waals surface area contributed by atoms with Gasteiger partial charge in [-0.25, -0.2) is 0 Å². The summed E-state index contributed by atoms with van der Waals surface area (Å²) < 4.78 is 0.998. The number of carbonyl (C=O) groups excluding carboxylic acids is 1. The van der Waals surface area contributed by atoms with Crippen LogP contribution < -0.4 is 0 Å². The maximum absolute atomic E-state index is 12.6. The maximum atomic E-state index is 12.6. The number of benzene rings is 1. The van der Waals surface area contributed by atoms with E-state index in [2.05, 4.69) is 31.3 Å². The molecule has 1 aromatic heterocycles. The van der Waals surface area contributed by atoms with Gasteiger partial charge in [0.25, 0.3) is 0 Å². The summed E-state index contributed by atoms with van der Waals surface area (Å²) in [7, 11) is 0. The van der Waals surface area contributed by atoms with Crippen molar-refractivity contribution in [1.29, 1.82) is 0 Å². The minimum Gasteiger partial charge on any atom is -0.341 e. The standard InChI is InChI=1S/C16H20BrN5O/c1-12(16(23)21-10-4-2-3-5-11-21)22-19-15(18-20-22)13-6-8-14(17)9-7-13/h6-9,12H,2-5,10-11H2,1H3. The van der Waals surface area contributed by atoms with Gasteiger partial charge in [-0.2, -0.15) is 4.80 Å². The highest BCUT2D eigenvalue weighted by Crippen LogP contribution is 2.19. The lowest BCUT2D eigenvalue weighted by Gasteiger charge is -2.23. The fourth-order valence-corrected chi connectivity index (χ4v) is 3.02. The third-order valence-electron chi connectivity index (χ3n) is 4.15. The topological polar surface area (TPSA) is 63.9 Å². The van der Waals surface area contributed by atoms with Crippen LogP contribution in [0.5, 0.6) is 0 Å². The van der Waals surface area contributed by atoms with Gasteiger partial charge < -0.3 is 4.90 Å². The van der Waals surface area contributed by atoms with Gasteiger partial charge >= 0.3 is 0 Å². The highest BCUT2D eigenvalue weighted by atomic mass is 79.9. The number of nitrogens with zero attached hydrogens (tertiary/aromatic N) is 5. The zero-order chi connectivity index (χ0) is 16.2. The number of hydrogen-bond acceptors (Lipinski definition) is 4. The highest BCUT2D eigenvalue weighted by molar-refractivity contribution is 9.10. The first-order valence-corrected chi connectivity index (χ1v) is 8.78. The summed E-state index contributed by atoms with van der Waals surface area (Å²) in [5.74, 6) is 0.611. The zero-order valence-electron chi connectivity index (χ0n) is 13.2. The second-order valence-electron chi connectivity index (χ2n) is 5.86. The van der Waals surface area contributed by atoms with Crippen LogP contribution in [0, 0.1) is 0 Å². The minimum absolute atomic E-state index is 0.0756. The number of amides is 1. The van der Waals surface area contributed by atoms with E-state index in [0.717, 1.165) is 36.0 Å². The Kier molecular flexibility index (Phi) is 5.05. The van der Waals surface area contributed by atoms with E-state index in [0.29, 0.717) is 5.82 Å². The van der Waals surface area contributed by atoms with Gasteiger partial charge in [-0.1, -0.05) is 28.8 Å². The van der Waals surface area contributed by atoms with Crippen molar-refractivity contribution in [2.75, 3.05) is 13.1 Å². The number of rotatable bonds is 3. The Balaban J connectivity index is 1.73. The fourth-order valence-electron chi connectivity index (χ4n) is 2.76. The molecule has 0 N–H and O–H groups in total. The molecule has 2 aromatic rings. The Morgan fingerprint density at radius 1 is 1.13 bits per heavy atom. The number of tetrazole rings is 1. The van der Waals surface area contributed by atoms with Crippen molar-refractivity contribution in [3.8, 4) is 11.4 Å². The third-order valence-corrected chi connectivity index (χ3v) is 4.68. The second-order valence-corrected chi connectivity index (χ2v) is 6.77. The van der Waals surface area contributed by atoms with E-state index < -0.39 is 6.04 Å². The molecule has 0 aliphatic carbocycles. The van der Waals surface area contributed by atoms with Crippen LogP contribution in [0.1, 0.15) is 38.6 Å². The van der Waals surface area contributed by atoms with Crippen molar-refractivity contribution >= 4 is 21.8 Å². The van der Waals surface area contributed by atoms with Crippen LogP contribution in [0.15, 0.2) is 28.7 Å². The molecule has 2 heterocycles. The van der Waals surface area contributed by atoms with Crippen molar-refractivity contribution in [2.45, 2.75) is 38.6 Å². The Labute approximate surface area is 144 Å². The van der Waals surface area contributed by atoms with Gasteiger partial charge in [-0.15, -0.1) is 10.2 Å². The van der Waals surface area contributed by atoms with Gasteiger partial charge in [-0.3, -0.25) is 4.79 Å². The highest BCUT2D eigenvalue weighted by Gasteiger charge is 2.24. The first-order valence-electron chi connectivity index (χ1n) is 7.99. The smallest absolute Gasteiger partial charge is 0.249 e. The molecule has 1 saturated heterocycles. The molecular weight excluding hydrogens is 358 g/mol. The SMILES string of the molecule is CC(C(=O)N1CCCCCC1)n1nnc(-c2ccc(Br)cc2)n1. The summed E-state index contributed by atoms with van der Waals surface area (Å²) in [6, 6.07) is 7.29. The molecule has 0 spiro atoms. The largest absolute Gasteiger partial charge is 0.341 e. The monoisotopic (exact) mass is 377 g/mol. The predicted molar refractivity (Wildman–Crippen MR) is 90.7 cm³/mol. The van der Waals surface area contributed by atoms with E-state index in [9.17, 15) is 4.79 Å². The van der Waals surface area contributed by atoms with Crippen LogP contribution in [0.3, 0.4) is 0 Å². The van der Waals surface area contributed by atoms with Crippen molar-refractivity contribution < 1.29 is 4.79 Å². The Morgan fingerprint density at radius 2 is 1.78 bits per heavy atom. The maximum Gasteiger partial charge on any atom is 0.249 e. The van der Waals surface area contributed by atoms with Crippen LogP contribution >= 0.6 is 15.9 Å². The Morgan fingerprint density at radius 3 is 2.43 bits per heavy atom. The van der Waals surface area contributed by atoms with Gasteiger partial charge in [0.2, 0.25) is 11.7 Å². The Hall–Kier alpha value is -1.76. The number of likely N-dealkylation sites (tertiary alicyclic amines) is 1. The van der Waals surface area contributed by atoms with Gasteiger partial charge in [0.1, 0.15) is 6.04 Å². The molecule has 7 heteroatoms. The molecule has 1 aromatic carbocycles. The van der Waals surface area contributed by atoms with Crippen LogP contribution in [0.2, 0.25) is 0 Å². The molecule has 1 fully saturated rings. The molecule has 3 rings (SSSR count). The second kappa shape index (κ2) is 7.21. The van der Waals surface area contributed by atoms with E-state index in [-0.39, 0.29) is 5.91 Å². The van der Waals surface area contributed by atoms with E-state index >= 15 is 0 Å². The molecule has 1 aliphatic rings. The molecule has 0 saturated carbocycles. The molecule has 1 amide bonds. The van der Waals surface area contributed by atoms with Gasteiger partial charge in [0.05, 0.1) is 0 Å². The average Bonchev–Trinajstić information content (AvgIpc) is 2.89. The summed E-state index contributed by atoms with van der Waals surface area (Å²) in [6.07, 6.45) is 4.56. The molecule has 122 valence electrons. The summed E-state index contributed by atoms with van der Waals surface area (Å²) >= 11 is 3.40. The van der Waals surface area contributed by atoms with Crippen LogP contribution in [0.25, 0.3) is 11.4 Å². The van der Waals surface area contributed by atoms with E-state index in [4.69, 9.17) is 0 Å². The molecule has 1 aliphatic heterocycles. The van der Waals surface area contributed by atoms with Crippen molar-refractivity contribution in [3.05, 3.63) is 28.7 Å². The number of hydrogen-bond donors (Lipinski definition) is 0. The molecule has 1 atom stereocenters. The molecule has 0 bridgehead atoms. The lowest BCUT2D eigenvalue weighted by molar-refractivity contribution is -0.134. The summed E-state index contributed by atoms with van der Waals surface area (Å²) in [4.78, 5) is 16.0. The van der Waals surface area contributed by atoms with Crippen LogP contribution in [-0.4, -0.2) is 44.1 Å². The summed E-state index contributed by atoms with van der Waals surface area (Å²) in [5.41, 5.74) is 0.883. The fraction of sp³-hybridized carbons (Fsp3) is 0.500. The lowest BCUT2D eigenvalue weighted by atomic mass is 10.2. The third kappa shape index (κ3) is 3.77. The van der Waals surface area contributed by atoms with Crippen LogP contribution in [0.4, 0.5) is 0 Å². The Bertz CT molecular complexity index is 661. The quantitative estimate of drug-likeness (QED) is 0.824. The lowest BCUT2D eigenvalue weighted by Crippen LogP contribution is -2.37. The van der Waals surface area contributed by atoms with Crippen molar-refractivity contribution in [3.63, 3.8) is 0 Å². The normalized spacial score (nSPS) is 16.9. The van der Waals surface area contributed by atoms with Gasteiger partial charge in [-0.05, 0) is 49.2 Å². The first kappa shape index (κ1) is 16.1. The molecule has 6 nitrogen and oxygen atoms in total. The van der Waals surface area contributed by atoms with Crippen molar-refractivity contribution in [2.24, 2.45) is 0 Å². The molecular formula is C16H20BrN5O. The van der Waals surface area contributed by atoms with Crippen LogP contribution in [-0.2, 0) is 4.79 Å². The number of carbonyl (C=O) groups is 1. The molecule has 23 heavy (non-hydrogen) atoms. The predicted octanol–water partition coefficient (Wildman–Crippen LogP) is 3.07. The van der Waals surface area contributed by atoms with Gasteiger partial charge in [0, 0.05) is 23.1 Å². The summed E-state index contributed by atoms with van der Waals surface area (Å²) in [6.45, 7) is 3.50. The average molecular weight is 378 g/mol.